The van der Waals surface area contributed by atoms with Crippen molar-refractivity contribution in [3.63, 3.8) is 0 Å². The fraction of sp³-hybridized carbons (Fsp3) is 0.375. The van der Waals surface area contributed by atoms with Crippen LogP contribution in [0.3, 0.4) is 0 Å². The Morgan fingerprint density at radius 1 is 1.60 bits per heavy atom. The summed E-state index contributed by atoms with van der Waals surface area (Å²) in [5.74, 6) is 0.683. The third-order valence-electron chi connectivity index (χ3n) is 1.95. The van der Waals surface area contributed by atoms with Crippen molar-refractivity contribution in [1.29, 1.82) is 0 Å². The third-order valence-corrected chi connectivity index (χ3v) is 2.94. The van der Waals surface area contributed by atoms with E-state index in [0.717, 1.165) is 12.8 Å². The van der Waals surface area contributed by atoms with Gasteiger partial charge >= 0.3 is 0 Å². The van der Waals surface area contributed by atoms with E-state index in [9.17, 15) is 4.79 Å². The standard InChI is InChI=1S/C8H8OS/c9-7-4-3-6(7)8-2-1-5-10-8/h1-2,5-6H,3-4H2/t6-/m1/s1. The second-order valence-corrected chi connectivity index (χ2v) is 3.55. The van der Waals surface area contributed by atoms with Crippen LogP contribution in [0.1, 0.15) is 23.6 Å². The van der Waals surface area contributed by atoms with Gasteiger partial charge in [-0.25, -0.2) is 0 Å². The molecule has 1 aromatic heterocycles. The highest BCUT2D eigenvalue weighted by molar-refractivity contribution is 7.10. The second kappa shape index (κ2) is 2.20. The van der Waals surface area contributed by atoms with Gasteiger partial charge in [0.2, 0.25) is 0 Å². The molecule has 1 aromatic rings. The SMILES string of the molecule is O=C1CC[C@H]1c1cccs1. The molecular weight excluding hydrogens is 144 g/mol. The molecule has 1 aliphatic carbocycles. The molecule has 0 spiro atoms. The van der Waals surface area contributed by atoms with Gasteiger partial charge in [-0.05, 0) is 17.9 Å². The predicted octanol–water partition coefficient (Wildman–Crippen LogP) is 2.19. The molecule has 1 fully saturated rings. The molecule has 10 heavy (non-hydrogen) atoms. The highest BCUT2D eigenvalue weighted by atomic mass is 32.1. The molecule has 2 heteroatoms. The van der Waals surface area contributed by atoms with Crippen molar-refractivity contribution in [3.8, 4) is 0 Å². The number of hydrogen-bond donors (Lipinski definition) is 0. The van der Waals surface area contributed by atoms with Crippen molar-refractivity contribution in [2.75, 3.05) is 0 Å². The Morgan fingerprint density at radius 3 is 2.90 bits per heavy atom. The lowest BCUT2D eigenvalue weighted by atomic mass is 9.83. The maximum Gasteiger partial charge on any atom is 0.141 e. The number of Topliss-reactive ketones (excluding diaryl/α,β-unsaturated/α-hetero) is 1. The summed E-state index contributed by atoms with van der Waals surface area (Å²) in [5.41, 5.74) is 0. The van der Waals surface area contributed by atoms with Gasteiger partial charge in [-0.15, -0.1) is 11.3 Å². The lowest BCUT2D eigenvalue weighted by Crippen LogP contribution is -2.21. The Kier molecular flexibility index (Phi) is 1.34. The molecule has 0 unspecified atom stereocenters. The summed E-state index contributed by atoms with van der Waals surface area (Å²) in [6, 6.07) is 4.05. The van der Waals surface area contributed by atoms with Gasteiger partial charge in [0.1, 0.15) is 5.78 Å². The number of rotatable bonds is 1. The fourth-order valence-electron chi connectivity index (χ4n) is 1.20. The van der Waals surface area contributed by atoms with Gasteiger partial charge in [0, 0.05) is 11.3 Å². The first-order chi connectivity index (χ1) is 4.88. The Bertz CT molecular complexity index is 238. The van der Waals surface area contributed by atoms with E-state index in [1.807, 2.05) is 17.5 Å². The zero-order chi connectivity index (χ0) is 6.97. The maximum atomic E-state index is 10.9. The summed E-state index contributed by atoms with van der Waals surface area (Å²) < 4.78 is 0. The molecule has 0 saturated heterocycles. The fourth-order valence-corrected chi connectivity index (χ4v) is 2.08. The minimum atomic E-state index is 0.264. The van der Waals surface area contributed by atoms with Gasteiger partial charge in [0.05, 0.1) is 5.92 Å². The molecule has 1 aliphatic rings. The summed E-state index contributed by atoms with van der Waals surface area (Å²) in [6.07, 6.45) is 1.86. The zero-order valence-electron chi connectivity index (χ0n) is 5.54. The van der Waals surface area contributed by atoms with Crippen LogP contribution in [0, 0.1) is 0 Å². The van der Waals surface area contributed by atoms with Crippen molar-refractivity contribution in [2.24, 2.45) is 0 Å². The van der Waals surface area contributed by atoms with Crippen molar-refractivity contribution in [3.05, 3.63) is 22.4 Å². The molecule has 2 rings (SSSR count). The smallest absolute Gasteiger partial charge is 0.141 e. The Labute approximate surface area is 63.7 Å². The Hall–Kier alpha value is -0.630. The molecule has 52 valence electrons. The van der Waals surface area contributed by atoms with Crippen LogP contribution < -0.4 is 0 Å². The average molecular weight is 152 g/mol. The largest absolute Gasteiger partial charge is 0.299 e. The summed E-state index contributed by atoms with van der Waals surface area (Å²) in [5, 5.41) is 2.03. The van der Waals surface area contributed by atoms with Crippen LogP contribution in [0.15, 0.2) is 17.5 Å². The monoisotopic (exact) mass is 152 g/mol. The first-order valence-electron chi connectivity index (χ1n) is 3.44. The number of thiophene rings is 1. The molecule has 0 radical (unpaired) electrons. The van der Waals surface area contributed by atoms with Crippen LogP contribution in [-0.4, -0.2) is 5.78 Å². The van der Waals surface area contributed by atoms with Gasteiger partial charge in [0.15, 0.2) is 0 Å². The van der Waals surface area contributed by atoms with Crippen LogP contribution in [0.2, 0.25) is 0 Å². The lowest BCUT2D eigenvalue weighted by Gasteiger charge is -2.21. The van der Waals surface area contributed by atoms with Crippen LogP contribution in [0.4, 0.5) is 0 Å². The van der Waals surface area contributed by atoms with Crippen LogP contribution >= 0.6 is 11.3 Å². The number of ketones is 1. The Morgan fingerprint density at radius 2 is 2.50 bits per heavy atom. The molecule has 1 atom stereocenters. The first-order valence-corrected chi connectivity index (χ1v) is 4.32. The van der Waals surface area contributed by atoms with Crippen molar-refractivity contribution in [1.82, 2.24) is 0 Å². The zero-order valence-corrected chi connectivity index (χ0v) is 6.36. The van der Waals surface area contributed by atoms with Gasteiger partial charge in [-0.2, -0.15) is 0 Å². The normalized spacial score (nSPS) is 24.4. The summed E-state index contributed by atoms with van der Waals surface area (Å²) in [4.78, 5) is 12.2. The summed E-state index contributed by atoms with van der Waals surface area (Å²) in [7, 11) is 0. The molecule has 0 bridgehead atoms. The summed E-state index contributed by atoms with van der Waals surface area (Å²) in [6.45, 7) is 0. The number of carbonyl (C=O) groups is 1. The predicted molar refractivity (Wildman–Crippen MR) is 41.3 cm³/mol. The molecule has 1 saturated carbocycles. The molecular formula is C8H8OS. The van der Waals surface area contributed by atoms with E-state index in [1.165, 1.54) is 4.88 Å². The molecule has 0 amide bonds. The third kappa shape index (κ3) is 0.797. The minimum absolute atomic E-state index is 0.264. The maximum absolute atomic E-state index is 10.9. The topological polar surface area (TPSA) is 17.1 Å². The van der Waals surface area contributed by atoms with Crippen LogP contribution in [0.5, 0.6) is 0 Å². The molecule has 0 aromatic carbocycles. The minimum Gasteiger partial charge on any atom is -0.299 e. The van der Waals surface area contributed by atoms with E-state index < -0.39 is 0 Å². The lowest BCUT2D eigenvalue weighted by molar-refractivity contribution is -0.125. The van der Waals surface area contributed by atoms with Gasteiger partial charge in [0.25, 0.3) is 0 Å². The number of hydrogen-bond acceptors (Lipinski definition) is 2. The molecule has 0 N–H and O–H groups in total. The van der Waals surface area contributed by atoms with E-state index in [4.69, 9.17) is 0 Å². The average Bonchev–Trinajstić information content (AvgIpc) is 2.37. The highest BCUT2D eigenvalue weighted by Gasteiger charge is 2.29. The van der Waals surface area contributed by atoms with Gasteiger partial charge < -0.3 is 0 Å². The highest BCUT2D eigenvalue weighted by Crippen LogP contribution is 2.35. The van der Waals surface area contributed by atoms with E-state index >= 15 is 0 Å². The van der Waals surface area contributed by atoms with E-state index in [2.05, 4.69) is 0 Å². The van der Waals surface area contributed by atoms with E-state index in [-0.39, 0.29) is 5.92 Å². The number of carbonyl (C=O) groups excluding carboxylic acids is 1. The van der Waals surface area contributed by atoms with Crippen LogP contribution in [0.25, 0.3) is 0 Å². The van der Waals surface area contributed by atoms with Gasteiger partial charge in [-0.1, -0.05) is 6.07 Å². The summed E-state index contributed by atoms with van der Waals surface area (Å²) >= 11 is 1.69. The van der Waals surface area contributed by atoms with E-state index in [0.29, 0.717) is 5.78 Å². The molecule has 0 aliphatic heterocycles. The Balaban J connectivity index is 2.21. The quantitative estimate of drug-likeness (QED) is 0.603. The van der Waals surface area contributed by atoms with E-state index in [1.54, 1.807) is 11.3 Å². The van der Waals surface area contributed by atoms with Crippen molar-refractivity contribution < 1.29 is 4.79 Å². The van der Waals surface area contributed by atoms with Crippen molar-refractivity contribution >= 4 is 17.1 Å². The second-order valence-electron chi connectivity index (χ2n) is 2.57. The van der Waals surface area contributed by atoms with Crippen molar-refractivity contribution in [2.45, 2.75) is 18.8 Å². The first kappa shape index (κ1) is 6.10. The molecule has 1 heterocycles. The molecule has 1 nitrogen and oxygen atoms in total. The van der Waals surface area contributed by atoms with Gasteiger partial charge in [-0.3, -0.25) is 4.79 Å². The van der Waals surface area contributed by atoms with Crippen LogP contribution in [-0.2, 0) is 4.79 Å².